The van der Waals surface area contributed by atoms with Crippen LogP contribution in [0.25, 0.3) is 11.2 Å². The molecule has 0 radical (unpaired) electrons. The van der Waals surface area contributed by atoms with Gasteiger partial charge in [-0.15, -0.1) is 0 Å². The van der Waals surface area contributed by atoms with Crippen LogP contribution in [0.15, 0.2) is 39.0 Å². The molecule has 0 aliphatic rings. The number of benzene rings is 1. The van der Waals surface area contributed by atoms with Crippen LogP contribution in [0.5, 0.6) is 5.75 Å². The van der Waals surface area contributed by atoms with Gasteiger partial charge in [-0.1, -0.05) is 49.5 Å². The van der Waals surface area contributed by atoms with Crippen molar-refractivity contribution in [2.24, 2.45) is 7.05 Å². The smallest absolute Gasteiger partial charge is 0.329 e. The fourth-order valence-electron chi connectivity index (χ4n) is 3.17. The van der Waals surface area contributed by atoms with Crippen molar-refractivity contribution in [3.05, 3.63) is 50.1 Å². The van der Waals surface area contributed by atoms with E-state index in [1.54, 1.807) is 35.9 Å². The minimum atomic E-state index is -0.885. The van der Waals surface area contributed by atoms with Crippen molar-refractivity contribution in [3.63, 3.8) is 0 Å². The second kappa shape index (κ2) is 10.9. The van der Waals surface area contributed by atoms with E-state index in [0.717, 1.165) is 25.0 Å². The van der Waals surface area contributed by atoms with Crippen molar-refractivity contribution in [2.75, 3.05) is 12.4 Å². The van der Waals surface area contributed by atoms with Gasteiger partial charge < -0.3 is 14.4 Å². The van der Waals surface area contributed by atoms with Gasteiger partial charge in [0, 0.05) is 17.8 Å². The number of aromatic amines is 1. The number of fused-ring (bicyclic) bond motifs is 1. The molecule has 10 heteroatoms. The molecule has 2 aromatic heterocycles. The minimum Gasteiger partial charge on any atom is -0.491 e. The summed E-state index contributed by atoms with van der Waals surface area (Å²) >= 11 is 7.40. The number of H-pyrrole nitrogens is 1. The number of imidazole rings is 1. The molecular formula is C21H27ClN4O4S. The van der Waals surface area contributed by atoms with Crippen LogP contribution >= 0.6 is 23.4 Å². The number of nitrogens with zero attached hydrogens (tertiary/aromatic N) is 3. The van der Waals surface area contributed by atoms with Crippen molar-refractivity contribution >= 4 is 34.5 Å². The molecule has 0 saturated heterocycles. The van der Waals surface area contributed by atoms with Crippen LogP contribution in [-0.4, -0.2) is 42.7 Å². The van der Waals surface area contributed by atoms with Crippen LogP contribution in [0.1, 0.15) is 32.6 Å². The lowest BCUT2D eigenvalue weighted by atomic mass is 10.2. The van der Waals surface area contributed by atoms with Crippen LogP contribution in [0.4, 0.5) is 0 Å². The predicted molar refractivity (Wildman–Crippen MR) is 123 cm³/mol. The summed E-state index contributed by atoms with van der Waals surface area (Å²) in [5.41, 5.74) is -0.471. The van der Waals surface area contributed by atoms with Gasteiger partial charge in [0.1, 0.15) is 18.5 Å². The molecule has 0 spiro atoms. The maximum Gasteiger partial charge on any atom is 0.329 e. The molecule has 8 nitrogen and oxygen atoms in total. The lowest BCUT2D eigenvalue weighted by Crippen LogP contribution is -2.30. The van der Waals surface area contributed by atoms with Crippen LogP contribution in [-0.2, 0) is 13.6 Å². The molecule has 3 aromatic rings. The quantitative estimate of drug-likeness (QED) is 0.332. The molecule has 0 saturated carbocycles. The van der Waals surface area contributed by atoms with Crippen LogP contribution in [0.3, 0.4) is 0 Å². The second-order valence-electron chi connectivity index (χ2n) is 7.32. The van der Waals surface area contributed by atoms with Crippen molar-refractivity contribution < 1.29 is 9.84 Å². The van der Waals surface area contributed by atoms with E-state index in [9.17, 15) is 14.7 Å². The van der Waals surface area contributed by atoms with E-state index in [1.165, 1.54) is 22.7 Å². The van der Waals surface area contributed by atoms with Crippen LogP contribution < -0.4 is 16.0 Å². The summed E-state index contributed by atoms with van der Waals surface area (Å²) in [6.45, 7) is 2.31. The van der Waals surface area contributed by atoms with Gasteiger partial charge in [0.2, 0.25) is 0 Å². The van der Waals surface area contributed by atoms with Gasteiger partial charge in [-0.05, 0) is 30.7 Å². The molecule has 168 valence electrons. The molecule has 0 bridgehead atoms. The number of halogens is 1. The first-order chi connectivity index (χ1) is 14.9. The average molecular weight is 467 g/mol. The third kappa shape index (κ3) is 5.93. The molecule has 2 N–H and O–H groups in total. The lowest BCUT2D eigenvalue weighted by molar-refractivity contribution is 0.0914. The minimum absolute atomic E-state index is 0.0333. The number of aromatic nitrogens is 4. The zero-order valence-electron chi connectivity index (χ0n) is 17.6. The third-order valence-corrected chi connectivity index (χ3v) is 6.17. The zero-order valence-corrected chi connectivity index (χ0v) is 19.2. The van der Waals surface area contributed by atoms with E-state index in [2.05, 4.69) is 16.9 Å². The summed E-state index contributed by atoms with van der Waals surface area (Å²) in [5.74, 6) is 1.43. The van der Waals surface area contributed by atoms with Gasteiger partial charge in [0.25, 0.3) is 5.56 Å². The van der Waals surface area contributed by atoms with Gasteiger partial charge >= 0.3 is 5.69 Å². The number of ether oxygens (including phenoxy) is 1. The van der Waals surface area contributed by atoms with Crippen LogP contribution in [0, 0.1) is 0 Å². The van der Waals surface area contributed by atoms with Crippen LogP contribution in [0.2, 0.25) is 5.02 Å². The highest BCUT2D eigenvalue weighted by Crippen LogP contribution is 2.23. The van der Waals surface area contributed by atoms with E-state index in [-0.39, 0.29) is 18.7 Å². The summed E-state index contributed by atoms with van der Waals surface area (Å²) in [5, 5.41) is 11.8. The van der Waals surface area contributed by atoms with E-state index in [1.807, 2.05) is 0 Å². The fourth-order valence-corrected chi connectivity index (χ4v) is 4.30. The normalized spacial score (nSPS) is 12.4. The van der Waals surface area contributed by atoms with Gasteiger partial charge in [0.15, 0.2) is 16.3 Å². The SMILES string of the molecule is CCCCCCSc1nc2c(c(=O)[nH]c(=O)n2C)n1C[C@H](O)COc1ccc(Cl)cc1. The molecule has 0 unspecified atom stereocenters. The monoisotopic (exact) mass is 466 g/mol. The van der Waals surface area contributed by atoms with Gasteiger partial charge in [-0.25, -0.2) is 9.78 Å². The topological polar surface area (TPSA) is 102 Å². The molecule has 0 fully saturated rings. The maximum atomic E-state index is 12.5. The molecule has 3 rings (SSSR count). The van der Waals surface area contributed by atoms with Gasteiger partial charge in [0.05, 0.1) is 6.54 Å². The van der Waals surface area contributed by atoms with E-state index in [0.29, 0.717) is 21.6 Å². The van der Waals surface area contributed by atoms with Crippen molar-refractivity contribution in [3.8, 4) is 5.75 Å². The second-order valence-corrected chi connectivity index (χ2v) is 8.82. The number of aryl methyl sites for hydroxylation is 1. The van der Waals surface area contributed by atoms with Crippen molar-refractivity contribution in [1.82, 2.24) is 19.1 Å². The highest BCUT2D eigenvalue weighted by Gasteiger charge is 2.20. The highest BCUT2D eigenvalue weighted by atomic mass is 35.5. The van der Waals surface area contributed by atoms with E-state index in [4.69, 9.17) is 16.3 Å². The number of unbranched alkanes of at least 4 members (excludes halogenated alkanes) is 3. The van der Waals surface area contributed by atoms with Gasteiger partial charge in [-0.3, -0.25) is 14.3 Å². The highest BCUT2D eigenvalue weighted by molar-refractivity contribution is 7.99. The first-order valence-corrected chi connectivity index (χ1v) is 11.7. The van der Waals surface area contributed by atoms with Crippen molar-refractivity contribution in [2.45, 2.75) is 50.4 Å². The number of thioether (sulfide) groups is 1. The average Bonchev–Trinajstić information content (AvgIpc) is 3.10. The Kier molecular flexibility index (Phi) is 8.22. The Morgan fingerprint density at radius 3 is 2.68 bits per heavy atom. The predicted octanol–water partition coefficient (Wildman–Crippen LogP) is 3.19. The Morgan fingerprint density at radius 1 is 1.23 bits per heavy atom. The summed E-state index contributed by atoms with van der Waals surface area (Å²) in [7, 11) is 1.56. The molecule has 0 amide bonds. The molecular weight excluding hydrogens is 440 g/mol. The Hall–Kier alpha value is -2.23. The Labute approximate surface area is 189 Å². The standard InChI is InChI=1S/C21H27ClN4O4S/c1-3-4-5-6-11-31-21-23-18-17(19(28)24-20(29)25(18)2)26(21)12-15(27)13-30-16-9-7-14(22)8-10-16/h7-10,15,27H,3-6,11-13H2,1-2H3,(H,24,28,29)/t15-/m0/s1. The molecule has 2 heterocycles. The van der Waals surface area contributed by atoms with E-state index >= 15 is 0 Å². The number of aliphatic hydroxyl groups excluding tert-OH is 1. The lowest BCUT2D eigenvalue weighted by Gasteiger charge is -2.15. The molecule has 0 aliphatic heterocycles. The zero-order chi connectivity index (χ0) is 22.4. The Morgan fingerprint density at radius 2 is 1.97 bits per heavy atom. The van der Waals surface area contributed by atoms with Crippen molar-refractivity contribution in [1.29, 1.82) is 0 Å². The van der Waals surface area contributed by atoms with Gasteiger partial charge in [-0.2, -0.15) is 0 Å². The molecule has 1 aromatic carbocycles. The summed E-state index contributed by atoms with van der Waals surface area (Å²) in [4.78, 5) is 31.4. The maximum absolute atomic E-state index is 12.5. The number of hydrogen-bond acceptors (Lipinski definition) is 6. The number of rotatable bonds is 11. The summed E-state index contributed by atoms with van der Waals surface area (Å²) in [6, 6.07) is 6.86. The first kappa shape index (κ1) is 23.4. The van der Waals surface area contributed by atoms with E-state index < -0.39 is 17.4 Å². The molecule has 1 atom stereocenters. The largest absolute Gasteiger partial charge is 0.491 e. The summed E-state index contributed by atoms with van der Waals surface area (Å²) in [6.07, 6.45) is 3.59. The number of aliphatic hydroxyl groups is 1. The number of nitrogens with one attached hydrogen (secondary N) is 1. The Bertz CT molecular complexity index is 1120. The summed E-state index contributed by atoms with van der Waals surface area (Å²) < 4.78 is 8.62. The Balaban J connectivity index is 1.81. The molecule has 0 aliphatic carbocycles. The molecule has 31 heavy (non-hydrogen) atoms. The number of hydrogen-bond donors (Lipinski definition) is 2. The third-order valence-electron chi connectivity index (χ3n) is 4.85. The first-order valence-electron chi connectivity index (χ1n) is 10.3. The fraction of sp³-hybridized carbons (Fsp3) is 0.476.